The third kappa shape index (κ3) is 3.27. The molecule has 1 unspecified atom stereocenters. The van der Waals surface area contributed by atoms with Gasteiger partial charge >= 0.3 is 11.9 Å². The van der Waals surface area contributed by atoms with Gasteiger partial charge in [0.2, 0.25) is 0 Å². The standard InChI is InChI=1S/C7H10O5/c1-4(2)6(10)12-7(11)5(9)3-8/h5,8-9H,1,3H2,2H3. The summed E-state index contributed by atoms with van der Waals surface area (Å²) in [5.74, 6) is -2.09. The normalized spacial score (nSPS) is 11.9. The molecule has 0 bridgehead atoms. The second kappa shape index (κ2) is 4.63. The van der Waals surface area contributed by atoms with Crippen molar-refractivity contribution in [3.63, 3.8) is 0 Å². The number of rotatable bonds is 3. The summed E-state index contributed by atoms with van der Waals surface area (Å²) in [5, 5.41) is 16.9. The molecule has 0 heterocycles. The fourth-order valence-electron chi connectivity index (χ4n) is 0.321. The van der Waals surface area contributed by atoms with E-state index >= 15 is 0 Å². The number of esters is 2. The first-order chi connectivity index (χ1) is 5.49. The van der Waals surface area contributed by atoms with Crippen LogP contribution in [0.25, 0.3) is 0 Å². The van der Waals surface area contributed by atoms with Gasteiger partial charge in [0.05, 0.1) is 6.61 Å². The summed E-state index contributed by atoms with van der Waals surface area (Å²) in [7, 11) is 0. The molecule has 68 valence electrons. The predicted octanol–water partition coefficient (Wildman–Crippen LogP) is -1.01. The van der Waals surface area contributed by atoms with Gasteiger partial charge in [0.1, 0.15) is 0 Å². The van der Waals surface area contributed by atoms with E-state index in [-0.39, 0.29) is 5.57 Å². The molecular formula is C7H10O5. The van der Waals surface area contributed by atoms with Crippen molar-refractivity contribution in [1.29, 1.82) is 0 Å². The van der Waals surface area contributed by atoms with Crippen molar-refractivity contribution in [3.05, 3.63) is 12.2 Å². The zero-order valence-corrected chi connectivity index (χ0v) is 6.61. The van der Waals surface area contributed by atoms with Gasteiger partial charge in [-0.1, -0.05) is 6.58 Å². The minimum absolute atomic E-state index is 0.0495. The molecule has 1 atom stereocenters. The highest BCUT2D eigenvalue weighted by atomic mass is 16.6. The highest BCUT2D eigenvalue weighted by Crippen LogP contribution is 1.95. The smallest absolute Gasteiger partial charge is 0.345 e. The third-order valence-electron chi connectivity index (χ3n) is 0.987. The van der Waals surface area contributed by atoms with Crippen LogP contribution in [-0.4, -0.2) is 34.9 Å². The first kappa shape index (κ1) is 10.8. The molecule has 0 aliphatic heterocycles. The number of hydrogen-bond donors (Lipinski definition) is 2. The van der Waals surface area contributed by atoms with Gasteiger partial charge in [0.25, 0.3) is 0 Å². The fraction of sp³-hybridized carbons (Fsp3) is 0.429. The lowest BCUT2D eigenvalue weighted by molar-refractivity contribution is -0.164. The first-order valence-electron chi connectivity index (χ1n) is 3.19. The van der Waals surface area contributed by atoms with E-state index in [0.29, 0.717) is 0 Å². The van der Waals surface area contributed by atoms with Crippen LogP contribution in [0.5, 0.6) is 0 Å². The van der Waals surface area contributed by atoms with Gasteiger partial charge in [0, 0.05) is 5.57 Å². The number of aliphatic hydroxyl groups excluding tert-OH is 2. The fourth-order valence-corrected chi connectivity index (χ4v) is 0.321. The van der Waals surface area contributed by atoms with E-state index in [1.807, 2.05) is 0 Å². The number of carbonyl (C=O) groups is 2. The van der Waals surface area contributed by atoms with Gasteiger partial charge in [-0.05, 0) is 6.92 Å². The monoisotopic (exact) mass is 174 g/mol. The van der Waals surface area contributed by atoms with Crippen molar-refractivity contribution in [2.75, 3.05) is 6.61 Å². The average molecular weight is 174 g/mol. The quantitative estimate of drug-likeness (QED) is 0.325. The van der Waals surface area contributed by atoms with Crippen LogP contribution >= 0.6 is 0 Å². The van der Waals surface area contributed by atoms with Crippen molar-refractivity contribution >= 4 is 11.9 Å². The van der Waals surface area contributed by atoms with Gasteiger partial charge in [-0.25, -0.2) is 9.59 Å². The van der Waals surface area contributed by atoms with E-state index in [0.717, 1.165) is 0 Å². The summed E-state index contributed by atoms with van der Waals surface area (Å²) in [6.45, 7) is 3.81. The molecule has 5 nitrogen and oxygen atoms in total. The lowest BCUT2D eigenvalue weighted by Gasteiger charge is -2.05. The molecule has 12 heavy (non-hydrogen) atoms. The Morgan fingerprint density at radius 3 is 2.42 bits per heavy atom. The van der Waals surface area contributed by atoms with E-state index < -0.39 is 24.6 Å². The minimum atomic E-state index is -1.67. The lowest BCUT2D eigenvalue weighted by Crippen LogP contribution is -2.28. The number of aliphatic hydroxyl groups is 2. The number of hydrogen-bond acceptors (Lipinski definition) is 5. The van der Waals surface area contributed by atoms with E-state index in [2.05, 4.69) is 11.3 Å². The van der Waals surface area contributed by atoms with Gasteiger partial charge < -0.3 is 14.9 Å². The van der Waals surface area contributed by atoms with Crippen LogP contribution in [0.3, 0.4) is 0 Å². The van der Waals surface area contributed by atoms with Crippen molar-refractivity contribution in [2.24, 2.45) is 0 Å². The Bertz CT molecular complexity index is 208. The predicted molar refractivity (Wildman–Crippen MR) is 39.0 cm³/mol. The molecule has 0 aromatic carbocycles. The van der Waals surface area contributed by atoms with Crippen LogP contribution in [-0.2, 0) is 14.3 Å². The van der Waals surface area contributed by atoms with Crippen LogP contribution in [0, 0.1) is 0 Å². The van der Waals surface area contributed by atoms with Crippen LogP contribution < -0.4 is 0 Å². The Balaban J connectivity index is 4.01. The molecule has 0 spiro atoms. The maximum absolute atomic E-state index is 10.6. The highest BCUT2D eigenvalue weighted by molar-refractivity contribution is 5.96. The van der Waals surface area contributed by atoms with Crippen molar-refractivity contribution < 1.29 is 24.5 Å². The lowest BCUT2D eigenvalue weighted by atomic mass is 10.3. The van der Waals surface area contributed by atoms with E-state index in [4.69, 9.17) is 10.2 Å². The second-order valence-corrected chi connectivity index (χ2v) is 2.19. The van der Waals surface area contributed by atoms with Gasteiger partial charge in [-0.3, -0.25) is 0 Å². The molecule has 0 amide bonds. The maximum Gasteiger partial charge on any atom is 0.345 e. The van der Waals surface area contributed by atoms with Crippen LogP contribution in [0.15, 0.2) is 12.2 Å². The van der Waals surface area contributed by atoms with E-state index in [1.165, 1.54) is 6.92 Å². The molecular weight excluding hydrogens is 164 g/mol. The Hall–Kier alpha value is -1.20. The number of ether oxygens (including phenoxy) is 1. The SMILES string of the molecule is C=C(C)C(=O)OC(=O)C(O)CO. The molecule has 0 saturated heterocycles. The second-order valence-electron chi connectivity index (χ2n) is 2.19. The molecule has 5 heteroatoms. The topological polar surface area (TPSA) is 83.8 Å². The van der Waals surface area contributed by atoms with Crippen molar-refractivity contribution in [2.45, 2.75) is 13.0 Å². The molecule has 0 aliphatic rings. The zero-order valence-electron chi connectivity index (χ0n) is 6.61. The Morgan fingerprint density at radius 2 is 2.08 bits per heavy atom. The van der Waals surface area contributed by atoms with Crippen LogP contribution in [0.2, 0.25) is 0 Å². The van der Waals surface area contributed by atoms with Gasteiger partial charge in [-0.2, -0.15) is 0 Å². The summed E-state index contributed by atoms with van der Waals surface area (Å²) in [5.41, 5.74) is 0.0495. The molecule has 2 N–H and O–H groups in total. The molecule has 0 aromatic rings. The highest BCUT2D eigenvalue weighted by Gasteiger charge is 2.19. The van der Waals surface area contributed by atoms with Gasteiger partial charge in [0.15, 0.2) is 6.10 Å². The molecule has 0 fully saturated rings. The van der Waals surface area contributed by atoms with Gasteiger partial charge in [-0.15, -0.1) is 0 Å². The maximum atomic E-state index is 10.6. The van der Waals surface area contributed by atoms with Crippen molar-refractivity contribution in [1.82, 2.24) is 0 Å². The summed E-state index contributed by atoms with van der Waals surface area (Å²) in [6.07, 6.45) is -1.67. The summed E-state index contributed by atoms with van der Waals surface area (Å²) >= 11 is 0. The third-order valence-corrected chi connectivity index (χ3v) is 0.987. The summed E-state index contributed by atoms with van der Waals surface area (Å²) < 4.78 is 4.08. The summed E-state index contributed by atoms with van der Waals surface area (Å²) in [4.78, 5) is 21.2. The number of carbonyl (C=O) groups excluding carboxylic acids is 2. The molecule has 0 aliphatic carbocycles. The molecule has 0 aromatic heterocycles. The van der Waals surface area contributed by atoms with E-state index in [1.54, 1.807) is 0 Å². The molecule has 0 radical (unpaired) electrons. The largest absolute Gasteiger partial charge is 0.393 e. The van der Waals surface area contributed by atoms with Crippen LogP contribution in [0.1, 0.15) is 6.92 Å². The Kier molecular flexibility index (Phi) is 4.17. The zero-order chi connectivity index (χ0) is 9.72. The summed E-state index contributed by atoms with van der Waals surface area (Å²) in [6, 6.07) is 0. The van der Waals surface area contributed by atoms with E-state index in [9.17, 15) is 9.59 Å². The minimum Gasteiger partial charge on any atom is -0.393 e. The molecule has 0 rings (SSSR count). The van der Waals surface area contributed by atoms with Crippen LogP contribution in [0.4, 0.5) is 0 Å². The Labute approximate surface area is 69.3 Å². The first-order valence-corrected chi connectivity index (χ1v) is 3.19. The Morgan fingerprint density at radius 1 is 1.58 bits per heavy atom. The molecule has 0 saturated carbocycles. The average Bonchev–Trinajstić information content (AvgIpc) is 2.02. The van der Waals surface area contributed by atoms with Crippen molar-refractivity contribution in [3.8, 4) is 0 Å².